The van der Waals surface area contributed by atoms with Gasteiger partial charge in [0.25, 0.3) is 5.91 Å². The van der Waals surface area contributed by atoms with Crippen molar-refractivity contribution in [3.8, 4) is 0 Å². The number of hydrogen-bond acceptors (Lipinski definition) is 3. The molecule has 0 atom stereocenters. The number of H-pyrrole nitrogens is 1. The first-order chi connectivity index (χ1) is 8.70. The van der Waals surface area contributed by atoms with Gasteiger partial charge in [-0.05, 0) is 24.6 Å². The number of aromatic amines is 1. The second kappa shape index (κ2) is 5.35. The predicted molar refractivity (Wildman–Crippen MR) is 70.5 cm³/mol. The molecule has 0 aliphatic heterocycles. The Morgan fingerprint density at radius 3 is 2.94 bits per heavy atom. The molecule has 2 rings (SSSR count). The number of carbonyl (C=O) groups excluding carboxylic acids is 1. The molecular weight excluding hydrogens is 228 g/mol. The van der Waals surface area contributed by atoms with Crippen LogP contribution in [0.4, 0.5) is 5.69 Å². The number of rotatable bonds is 4. The normalized spacial score (nSPS) is 10.1. The van der Waals surface area contributed by atoms with E-state index >= 15 is 0 Å². The van der Waals surface area contributed by atoms with E-state index in [1.165, 1.54) is 0 Å². The Balaban J connectivity index is 2.09. The molecule has 0 saturated carbocycles. The highest BCUT2D eigenvalue weighted by molar-refractivity contribution is 5.99. The minimum Gasteiger partial charge on any atom is -0.387 e. The predicted octanol–water partition coefficient (Wildman–Crippen LogP) is 1.69. The highest BCUT2D eigenvalue weighted by Gasteiger charge is 2.10. The number of anilines is 1. The summed E-state index contributed by atoms with van der Waals surface area (Å²) >= 11 is 0. The summed E-state index contributed by atoms with van der Waals surface area (Å²) in [5, 5.41) is 5.87. The van der Waals surface area contributed by atoms with Crippen molar-refractivity contribution in [2.24, 2.45) is 0 Å². The van der Waals surface area contributed by atoms with Crippen LogP contribution in [0.25, 0.3) is 0 Å². The number of hydrogen-bond donors (Lipinski definition) is 3. The number of amides is 1. The Hall–Kier alpha value is -2.30. The average molecular weight is 244 g/mol. The summed E-state index contributed by atoms with van der Waals surface area (Å²) in [4.78, 5) is 18.9. The van der Waals surface area contributed by atoms with Crippen molar-refractivity contribution in [3.63, 3.8) is 0 Å². The monoisotopic (exact) mass is 244 g/mol. The molecule has 1 aromatic carbocycles. The molecule has 0 aliphatic rings. The van der Waals surface area contributed by atoms with Crippen LogP contribution in [0.5, 0.6) is 0 Å². The molecule has 5 nitrogen and oxygen atoms in total. The van der Waals surface area contributed by atoms with Crippen molar-refractivity contribution in [1.29, 1.82) is 0 Å². The molecule has 2 aromatic rings. The summed E-state index contributed by atoms with van der Waals surface area (Å²) < 4.78 is 0. The molecule has 0 fully saturated rings. The van der Waals surface area contributed by atoms with Crippen molar-refractivity contribution < 1.29 is 4.79 Å². The van der Waals surface area contributed by atoms with Crippen LogP contribution < -0.4 is 10.6 Å². The third-order valence-corrected chi connectivity index (χ3v) is 2.68. The van der Waals surface area contributed by atoms with Crippen LogP contribution in [0.1, 0.15) is 21.6 Å². The molecule has 0 saturated heterocycles. The number of imidazole rings is 1. The van der Waals surface area contributed by atoms with Crippen molar-refractivity contribution in [1.82, 2.24) is 15.3 Å². The van der Waals surface area contributed by atoms with Crippen molar-refractivity contribution in [3.05, 3.63) is 47.5 Å². The van der Waals surface area contributed by atoms with E-state index in [1.807, 2.05) is 25.1 Å². The van der Waals surface area contributed by atoms with Crippen LogP contribution in [-0.4, -0.2) is 22.9 Å². The lowest BCUT2D eigenvalue weighted by atomic mass is 10.1. The molecule has 0 bridgehead atoms. The molecule has 0 radical (unpaired) electrons. The summed E-state index contributed by atoms with van der Waals surface area (Å²) in [5.41, 5.74) is 3.46. The fraction of sp³-hybridized carbons (Fsp3) is 0.231. The molecule has 3 N–H and O–H groups in total. The molecule has 94 valence electrons. The molecule has 0 spiro atoms. The lowest BCUT2D eigenvalue weighted by molar-refractivity contribution is 0.0951. The van der Waals surface area contributed by atoms with Gasteiger partial charge < -0.3 is 15.6 Å². The number of nitrogens with zero attached hydrogens (tertiary/aromatic N) is 1. The third kappa shape index (κ3) is 2.68. The van der Waals surface area contributed by atoms with Crippen LogP contribution in [0.3, 0.4) is 0 Å². The summed E-state index contributed by atoms with van der Waals surface area (Å²) in [5.74, 6) is -0.103. The van der Waals surface area contributed by atoms with Gasteiger partial charge in [-0.15, -0.1) is 0 Å². The van der Waals surface area contributed by atoms with Crippen LogP contribution in [0, 0.1) is 6.92 Å². The van der Waals surface area contributed by atoms with E-state index in [-0.39, 0.29) is 5.91 Å². The number of nitrogens with one attached hydrogen (secondary N) is 3. The van der Waals surface area contributed by atoms with E-state index in [0.717, 1.165) is 16.9 Å². The highest BCUT2D eigenvalue weighted by Crippen LogP contribution is 2.16. The van der Waals surface area contributed by atoms with Crippen LogP contribution in [0.2, 0.25) is 0 Å². The largest absolute Gasteiger partial charge is 0.387 e. The molecule has 1 aromatic heterocycles. The first kappa shape index (κ1) is 12.2. The average Bonchev–Trinajstić information content (AvgIpc) is 2.88. The number of benzene rings is 1. The molecule has 18 heavy (non-hydrogen) atoms. The smallest absolute Gasteiger partial charge is 0.253 e. The van der Waals surface area contributed by atoms with Gasteiger partial charge in [0, 0.05) is 18.9 Å². The van der Waals surface area contributed by atoms with Crippen molar-refractivity contribution >= 4 is 11.6 Å². The first-order valence-corrected chi connectivity index (χ1v) is 5.74. The quantitative estimate of drug-likeness (QED) is 0.766. The van der Waals surface area contributed by atoms with E-state index in [1.54, 1.807) is 19.6 Å². The number of aryl methyl sites for hydroxylation is 1. The van der Waals surface area contributed by atoms with Gasteiger partial charge >= 0.3 is 0 Å². The first-order valence-electron chi connectivity index (χ1n) is 5.74. The van der Waals surface area contributed by atoms with Gasteiger partial charge in [0.05, 0.1) is 24.1 Å². The summed E-state index contributed by atoms with van der Waals surface area (Å²) in [6.07, 6.45) is 3.28. The van der Waals surface area contributed by atoms with Gasteiger partial charge in [-0.2, -0.15) is 0 Å². The zero-order chi connectivity index (χ0) is 13.0. The molecule has 5 heteroatoms. The third-order valence-electron chi connectivity index (χ3n) is 2.68. The van der Waals surface area contributed by atoms with E-state index in [4.69, 9.17) is 0 Å². The van der Waals surface area contributed by atoms with E-state index in [2.05, 4.69) is 20.6 Å². The van der Waals surface area contributed by atoms with E-state index < -0.39 is 0 Å². The molecule has 1 amide bonds. The number of aromatic nitrogens is 2. The Labute approximate surface area is 106 Å². The van der Waals surface area contributed by atoms with Crippen molar-refractivity contribution in [2.75, 3.05) is 12.4 Å². The second-order valence-electron chi connectivity index (χ2n) is 4.06. The highest BCUT2D eigenvalue weighted by atomic mass is 16.1. The molecule has 1 heterocycles. The van der Waals surface area contributed by atoms with Crippen molar-refractivity contribution in [2.45, 2.75) is 13.5 Å². The second-order valence-corrected chi connectivity index (χ2v) is 4.06. The van der Waals surface area contributed by atoms with Gasteiger partial charge in [0.2, 0.25) is 0 Å². The summed E-state index contributed by atoms with van der Waals surface area (Å²) in [6, 6.07) is 5.69. The summed E-state index contributed by atoms with van der Waals surface area (Å²) in [7, 11) is 1.81. The Kier molecular flexibility index (Phi) is 3.62. The zero-order valence-corrected chi connectivity index (χ0v) is 10.4. The fourth-order valence-corrected chi connectivity index (χ4v) is 1.72. The Bertz CT molecular complexity index is 534. The Morgan fingerprint density at radius 2 is 2.28 bits per heavy atom. The van der Waals surface area contributed by atoms with E-state index in [0.29, 0.717) is 12.1 Å². The SMILES string of the molecule is CNc1cc(C)ccc1C(=O)NCc1cnc[nH]1. The van der Waals surface area contributed by atoms with Gasteiger partial charge in [0.15, 0.2) is 0 Å². The van der Waals surface area contributed by atoms with Crippen LogP contribution >= 0.6 is 0 Å². The summed E-state index contributed by atoms with van der Waals surface area (Å²) in [6.45, 7) is 2.43. The van der Waals surface area contributed by atoms with Gasteiger partial charge in [-0.3, -0.25) is 4.79 Å². The maximum Gasteiger partial charge on any atom is 0.253 e. The minimum atomic E-state index is -0.103. The number of carbonyl (C=O) groups is 1. The zero-order valence-electron chi connectivity index (χ0n) is 10.4. The minimum absolute atomic E-state index is 0.103. The van der Waals surface area contributed by atoms with Crippen LogP contribution in [-0.2, 0) is 6.54 Å². The molecule has 0 unspecified atom stereocenters. The van der Waals surface area contributed by atoms with E-state index in [9.17, 15) is 4.79 Å². The lowest BCUT2D eigenvalue weighted by Crippen LogP contribution is -2.23. The van der Waals surface area contributed by atoms with Gasteiger partial charge in [0.1, 0.15) is 0 Å². The van der Waals surface area contributed by atoms with Crippen LogP contribution in [0.15, 0.2) is 30.7 Å². The Morgan fingerprint density at radius 1 is 1.44 bits per heavy atom. The standard InChI is InChI=1S/C13H16N4O/c1-9-3-4-11(12(5-9)14-2)13(18)16-7-10-6-15-8-17-10/h3-6,8,14H,7H2,1-2H3,(H,15,17)(H,16,18). The molecular formula is C13H16N4O. The maximum absolute atomic E-state index is 12.0. The lowest BCUT2D eigenvalue weighted by Gasteiger charge is -2.10. The molecule has 0 aliphatic carbocycles. The maximum atomic E-state index is 12.0. The van der Waals surface area contributed by atoms with Gasteiger partial charge in [-0.1, -0.05) is 6.07 Å². The van der Waals surface area contributed by atoms with Gasteiger partial charge in [-0.25, -0.2) is 4.98 Å². The topological polar surface area (TPSA) is 69.8 Å². The fourth-order valence-electron chi connectivity index (χ4n) is 1.72.